The Hall–Kier alpha value is -0.0151. The fourth-order valence-corrected chi connectivity index (χ4v) is 1.42. The Kier molecular flexibility index (Phi) is 3.22. The molecule has 0 aliphatic carbocycles. The molecule has 0 bridgehead atoms. The van der Waals surface area contributed by atoms with Gasteiger partial charge in [-0.05, 0) is 19.6 Å². The second kappa shape index (κ2) is 3.99. The first-order valence-electron chi connectivity index (χ1n) is 4.31. The van der Waals surface area contributed by atoms with Crippen LogP contribution in [0.5, 0.6) is 0 Å². The van der Waals surface area contributed by atoms with Gasteiger partial charge in [-0.3, -0.25) is 0 Å². The van der Waals surface area contributed by atoms with Gasteiger partial charge in [0.15, 0.2) is 0 Å². The lowest BCUT2D eigenvalue weighted by Crippen LogP contribution is -2.46. The summed E-state index contributed by atoms with van der Waals surface area (Å²) in [5.41, 5.74) is 0. The van der Waals surface area contributed by atoms with E-state index >= 15 is 0 Å². The van der Waals surface area contributed by atoms with Crippen molar-refractivity contribution in [2.75, 3.05) is 32.7 Å². The van der Waals surface area contributed by atoms with E-state index in [0.29, 0.717) is 0 Å². The van der Waals surface area contributed by atoms with Gasteiger partial charge in [0.25, 0.3) is 0 Å². The topological polar surface area (TPSA) is 6.48 Å². The average molecular weight is 140 g/mol. The Labute approximate surface area is 64.5 Å². The SMILES string of the molecule is CBN1CCN(CC)CC1. The van der Waals surface area contributed by atoms with Gasteiger partial charge >= 0.3 is 0 Å². The van der Waals surface area contributed by atoms with Crippen molar-refractivity contribution in [1.29, 1.82) is 0 Å². The van der Waals surface area contributed by atoms with Gasteiger partial charge < -0.3 is 9.71 Å². The van der Waals surface area contributed by atoms with Crippen LogP contribution in [0.4, 0.5) is 0 Å². The first kappa shape index (κ1) is 8.09. The molecule has 0 N–H and O–H groups in total. The highest BCUT2D eigenvalue weighted by atomic mass is 15.2. The molecule has 0 atom stereocenters. The molecule has 3 heteroatoms. The van der Waals surface area contributed by atoms with Crippen LogP contribution < -0.4 is 0 Å². The molecule has 0 aromatic carbocycles. The molecule has 1 fully saturated rings. The molecule has 2 nitrogen and oxygen atoms in total. The lowest BCUT2D eigenvalue weighted by atomic mass is 9.95. The summed E-state index contributed by atoms with van der Waals surface area (Å²) in [5, 5.41) is 0. The van der Waals surface area contributed by atoms with Crippen LogP contribution in [0.3, 0.4) is 0 Å². The Morgan fingerprint density at radius 2 is 1.80 bits per heavy atom. The Morgan fingerprint density at radius 1 is 1.20 bits per heavy atom. The van der Waals surface area contributed by atoms with Crippen molar-refractivity contribution in [1.82, 2.24) is 9.71 Å². The van der Waals surface area contributed by atoms with E-state index in [4.69, 9.17) is 0 Å². The molecule has 0 aromatic rings. The summed E-state index contributed by atoms with van der Waals surface area (Å²) in [5.74, 6) is 0. The molecule has 58 valence electrons. The Balaban J connectivity index is 2.17. The first-order valence-corrected chi connectivity index (χ1v) is 4.31. The van der Waals surface area contributed by atoms with Crippen LogP contribution in [0.2, 0.25) is 6.82 Å². The molecule has 1 aliphatic rings. The number of likely N-dealkylation sites (N-methyl/N-ethyl adjacent to an activating group) is 1. The maximum absolute atomic E-state index is 2.51. The van der Waals surface area contributed by atoms with E-state index in [-0.39, 0.29) is 0 Å². The van der Waals surface area contributed by atoms with E-state index in [1.54, 1.807) is 0 Å². The molecule has 0 amide bonds. The summed E-state index contributed by atoms with van der Waals surface area (Å²) in [6.07, 6.45) is 0. The molecular formula is C7H17BN2. The zero-order chi connectivity index (χ0) is 7.40. The molecule has 1 rings (SSSR count). The van der Waals surface area contributed by atoms with Gasteiger partial charge in [-0.15, -0.1) is 0 Å². The van der Waals surface area contributed by atoms with Gasteiger partial charge in [0.2, 0.25) is 7.41 Å². The minimum absolute atomic E-state index is 1.22. The monoisotopic (exact) mass is 140 g/mol. The standard InChI is InChI=1S/C7H17BN2/c1-3-9-4-6-10(8-2)7-5-9/h8H,3-7H2,1-2H3. The normalized spacial score (nSPS) is 23.0. The van der Waals surface area contributed by atoms with Crippen molar-refractivity contribution in [3.8, 4) is 0 Å². The smallest absolute Gasteiger partial charge is 0.201 e. The van der Waals surface area contributed by atoms with E-state index in [9.17, 15) is 0 Å². The molecule has 0 saturated carbocycles. The minimum atomic E-state index is 1.22. The number of rotatable bonds is 2. The van der Waals surface area contributed by atoms with Crippen LogP contribution >= 0.6 is 0 Å². The summed E-state index contributed by atoms with van der Waals surface area (Å²) in [6.45, 7) is 10.8. The molecule has 10 heavy (non-hydrogen) atoms. The second-order valence-corrected chi connectivity index (χ2v) is 2.87. The van der Waals surface area contributed by atoms with Gasteiger partial charge in [-0.25, -0.2) is 0 Å². The third-order valence-corrected chi connectivity index (χ3v) is 2.36. The second-order valence-electron chi connectivity index (χ2n) is 2.87. The molecule has 0 unspecified atom stereocenters. The molecule has 0 radical (unpaired) electrons. The third-order valence-electron chi connectivity index (χ3n) is 2.36. The minimum Gasteiger partial charge on any atom is -0.343 e. The van der Waals surface area contributed by atoms with Crippen molar-refractivity contribution in [3.05, 3.63) is 0 Å². The zero-order valence-electron chi connectivity index (χ0n) is 7.14. The summed E-state index contributed by atoms with van der Waals surface area (Å²) < 4.78 is 0. The lowest BCUT2D eigenvalue weighted by molar-refractivity contribution is 0.197. The van der Waals surface area contributed by atoms with E-state index in [1.165, 1.54) is 40.1 Å². The van der Waals surface area contributed by atoms with Crippen molar-refractivity contribution < 1.29 is 0 Å². The molecule has 1 saturated heterocycles. The fourth-order valence-electron chi connectivity index (χ4n) is 1.42. The number of nitrogens with zero attached hydrogens (tertiary/aromatic N) is 2. The van der Waals surface area contributed by atoms with E-state index < -0.39 is 0 Å². The lowest BCUT2D eigenvalue weighted by Gasteiger charge is -2.33. The molecular weight excluding hydrogens is 123 g/mol. The summed E-state index contributed by atoms with van der Waals surface area (Å²) in [7, 11) is 1.22. The van der Waals surface area contributed by atoms with Crippen molar-refractivity contribution in [2.45, 2.75) is 13.7 Å². The molecule has 0 aromatic heterocycles. The summed E-state index contributed by atoms with van der Waals surface area (Å²) in [4.78, 5) is 5.01. The van der Waals surface area contributed by atoms with Gasteiger partial charge in [0.05, 0.1) is 0 Å². The highest BCUT2D eigenvalue weighted by Gasteiger charge is 2.12. The fraction of sp³-hybridized carbons (Fsp3) is 1.00. The molecule has 0 spiro atoms. The van der Waals surface area contributed by atoms with E-state index in [2.05, 4.69) is 23.5 Å². The number of hydrogen-bond acceptors (Lipinski definition) is 2. The first-order chi connectivity index (χ1) is 4.86. The summed E-state index contributed by atoms with van der Waals surface area (Å²) in [6, 6.07) is 0. The van der Waals surface area contributed by atoms with Gasteiger partial charge in [0.1, 0.15) is 0 Å². The van der Waals surface area contributed by atoms with Gasteiger partial charge in [-0.2, -0.15) is 0 Å². The van der Waals surface area contributed by atoms with Crippen molar-refractivity contribution in [2.24, 2.45) is 0 Å². The van der Waals surface area contributed by atoms with E-state index in [1.807, 2.05) is 0 Å². The number of piperazine rings is 1. The predicted octanol–water partition coefficient (Wildman–Crippen LogP) is 0.0235. The van der Waals surface area contributed by atoms with Gasteiger partial charge in [-0.1, -0.05) is 13.7 Å². The highest BCUT2D eigenvalue weighted by Crippen LogP contribution is 1.98. The van der Waals surface area contributed by atoms with Crippen LogP contribution in [0.25, 0.3) is 0 Å². The maximum atomic E-state index is 2.51. The van der Waals surface area contributed by atoms with E-state index in [0.717, 1.165) is 0 Å². The van der Waals surface area contributed by atoms with Crippen LogP contribution in [0.1, 0.15) is 6.92 Å². The average Bonchev–Trinajstić information content (AvgIpc) is 2.05. The quantitative estimate of drug-likeness (QED) is 0.499. The largest absolute Gasteiger partial charge is 0.343 e. The highest BCUT2D eigenvalue weighted by molar-refractivity contribution is 6.29. The Morgan fingerprint density at radius 3 is 2.20 bits per heavy atom. The van der Waals surface area contributed by atoms with Crippen LogP contribution in [0, 0.1) is 0 Å². The van der Waals surface area contributed by atoms with Crippen LogP contribution in [-0.2, 0) is 0 Å². The third kappa shape index (κ3) is 1.99. The molecule has 1 aliphatic heterocycles. The maximum Gasteiger partial charge on any atom is 0.201 e. The predicted molar refractivity (Wildman–Crippen MR) is 46.7 cm³/mol. The van der Waals surface area contributed by atoms with Crippen molar-refractivity contribution in [3.63, 3.8) is 0 Å². The zero-order valence-corrected chi connectivity index (χ0v) is 7.14. The summed E-state index contributed by atoms with van der Waals surface area (Å²) >= 11 is 0. The van der Waals surface area contributed by atoms with Gasteiger partial charge in [0, 0.05) is 13.1 Å². The number of hydrogen-bond donors (Lipinski definition) is 0. The van der Waals surface area contributed by atoms with Crippen LogP contribution in [0.15, 0.2) is 0 Å². The van der Waals surface area contributed by atoms with Crippen molar-refractivity contribution >= 4 is 7.41 Å². The van der Waals surface area contributed by atoms with Crippen LogP contribution in [-0.4, -0.2) is 49.8 Å². The molecule has 1 heterocycles. The Bertz CT molecular complexity index is 77.6.